The van der Waals surface area contributed by atoms with E-state index in [0.717, 1.165) is 30.8 Å². The van der Waals surface area contributed by atoms with Crippen molar-refractivity contribution in [3.63, 3.8) is 0 Å². The molecule has 0 unspecified atom stereocenters. The van der Waals surface area contributed by atoms with Gasteiger partial charge in [-0.2, -0.15) is 0 Å². The van der Waals surface area contributed by atoms with E-state index in [9.17, 15) is 13.6 Å². The van der Waals surface area contributed by atoms with Crippen LogP contribution < -0.4 is 5.32 Å². The van der Waals surface area contributed by atoms with E-state index in [0.29, 0.717) is 26.2 Å². The summed E-state index contributed by atoms with van der Waals surface area (Å²) in [6.07, 6.45) is -0.396. The van der Waals surface area contributed by atoms with Crippen molar-refractivity contribution in [3.05, 3.63) is 71.3 Å². The Morgan fingerprint density at radius 3 is 1.97 bits per heavy atom. The van der Waals surface area contributed by atoms with Gasteiger partial charge in [-0.25, -0.2) is 13.6 Å². The molecule has 3 rings (SSSR count). The number of nitrogens with one attached hydrogen (secondary N) is 1. The molecule has 0 radical (unpaired) electrons. The molecule has 2 aromatic carbocycles. The molecular weight excluding hydrogens is 376 g/mol. The third kappa shape index (κ3) is 5.98. The molecule has 2 aromatic rings. The van der Waals surface area contributed by atoms with Crippen LogP contribution in [0.2, 0.25) is 0 Å². The summed E-state index contributed by atoms with van der Waals surface area (Å²) in [4.78, 5) is 16.0. The van der Waals surface area contributed by atoms with Crippen molar-refractivity contribution in [1.82, 2.24) is 15.1 Å². The molecule has 0 bridgehead atoms. The van der Waals surface area contributed by atoms with E-state index in [1.807, 2.05) is 11.8 Å². The molecule has 0 aromatic heterocycles. The van der Waals surface area contributed by atoms with Crippen molar-refractivity contribution in [2.24, 2.45) is 0 Å². The average molecular weight is 403 g/mol. The molecule has 1 aliphatic heterocycles. The van der Waals surface area contributed by atoms with Gasteiger partial charge in [0.05, 0.1) is 6.61 Å². The number of halogens is 2. The third-order valence-electron chi connectivity index (χ3n) is 5.03. The van der Waals surface area contributed by atoms with E-state index in [1.54, 1.807) is 24.3 Å². The van der Waals surface area contributed by atoms with Crippen LogP contribution in [0.1, 0.15) is 24.2 Å². The van der Waals surface area contributed by atoms with Crippen LogP contribution in [0.4, 0.5) is 13.6 Å². The Morgan fingerprint density at radius 2 is 1.48 bits per heavy atom. The molecule has 1 fully saturated rings. The molecule has 0 aliphatic carbocycles. The maximum atomic E-state index is 13.3. The van der Waals surface area contributed by atoms with Gasteiger partial charge in [-0.15, -0.1) is 0 Å². The minimum Gasteiger partial charge on any atom is -0.367 e. The second-order valence-corrected chi connectivity index (χ2v) is 7.02. The van der Waals surface area contributed by atoms with Gasteiger partial charge >= 0.3 is 6.03 Å². The van der Waals surface area contributed by atoms with Gasteiger partial charge < -0.3 is 15.0 Å². The van der Waals surface area contributed by atoms with Crippen LogP contribution in [0.25, 0.3) is 0 Å². The number of piperazine rings is 1. The quantitative estimate of drug-likeness (QED) is 0.771. The zero-order valence-corrected chi connectivity index (χ0v) is 16.6. The highest BCUT2D eigenvalue weighted by atomic mass is 19.1. The van der Waals surface area contributed by atoms with E-state index in [1.165, 1.54) is 24.3 Å². The number of hydrogen-bond donors (Lipinski definition) is 1. The SMILES string of the molecule is CCNC(=O)N1CCN(CCOC(c2ccc(F)cc2)c2ccc(F)cc2)CC1. The summed E-state index contributed by atoms with van der Waals surface area (Å²) in [5.74, 6) is -0.617. The largest absolute Gasteiger partial charge is 0.367 e. The van der Waals surface area contributed by atoms with Gasteiger partial charge in [0, 0.05) is 39.3 Å². The van der Waals surface area contributed by atoms with Crippen molar-refractivity contribution in [2.75, 3.05) is 45.9 Å². The summed E-state index contributed by atoms with van der Waals surface area (Å²) in [6, 6.07) is 12.3. The predicted octanol–water partition coefficient (Wildman–Crippen LogP) is 3.42. The standard InChI is InChI=1S/C22H27F2N3O2/c1-2-25-22(28)27-13-11-26(12-14-27)15-16-29-21(17-3-7-19(23)8-4-17)18-5-9-20(24)10-6-18/h3-10,21H,2,11-16H2,1H3,(H,25,28). The highest BCUT2D eigenvalue weighted by molar-refractivity contribution is 5.74. The van der Waals surface area contributed by atoms with Crippen LogP contribution in [0.15, 0.2) is 48.5 Å². The minimum atomic E-state index is -0.396. The molecule has 0 atom stereocenters. The summed E-state index contributed by atoms with van der Waals surface area (Å²) in [7, 11) is 0. The van der Waals surface area contributed by atoms with E-state index >= 15 is 0 Å². The van der Waals surface area contributed by atoms with Gasteiger partial charge in [0.15, 0.2) is 0 Å². The molecule has 29 heavy (non-hydrogen) atoms. The fourth-order valence-corrected chi connectivity index (χ4v) is 3.40. The molecule has 2 amide bonds. The molecule has 1 saturated heterocycles. The van der Waals surface area contributed by atoms with E-state index < -0.39 is 6.10 Å². The van der Waals surface area contributed by atoms with Crippen LogP contribution in [0.3, 0.4) is 0 Å². The molecule has 1 N–H and O–H groups in total. The number of ether oxygens (including phenoxy) is 1. The topological polar surface area (TPSA) is 44.8 Å². The van der Waals surface area contributed by atoms with Crippen molar-refractivity contribution in [1.29, 1.82) is 0 Å². The number of carbonyl (C=O) groups excluding carboxylic acids is 1. The Balaban J connectivity index is 1.56. The molecular formula is C22H27F2N3O2. The lowest BCUT2D eigenvalue weighted by Gasteiger charge is -2.34. The number of amides is 2. The zero-order chi connectivity index (χ0) is 20.6. The first-order valence-electron chi connectivity index (χ1n) is 9.94. The van der Waals surface area contributed by atoms with Gasteiger partial charge in [-0.05, 0) is 42.3 Å². The number of hydrogen-bond acceptors (Lipinski definition) is 3. The molecule has 5 nitrogen and oxygen atoms in total. The predicted molar refractivity (Wildman–Crippen MR) is 108 cm³/mol. The third-order valence-corrected chi connectivity index (χ3v) is 5.03. The summed E-state index contributed by atoms with van der Waals surface area (Å²) in [5, 5.41) is 2.82. The van der Waals surface area contributed by atoms with Crippen LogP contribution in [-0.4, -0.2) is 61.7 Å². The Labute approximate surface area is 170 Å². The lowest BCUT2D eigenvalue weighted by Crippen LogP contribution is -2.52. The Morgan fingerprint density at radius 1 is 0.966 bits per heavy atom. The second-order valence-electron chi connectivity index (χ2n) is 7.02. The number of urea groups is 1. The lowest BCUT2D eigenvalue weighted by molar-refractivity contribution is 0.0491. The molecule has 1 aliphatic rings. The number of rotatable bonds is 7. The number of carbonyl (C=O) groups is 1. The smallest absolute Gasteiger partial charge is 0.317 e. The van der Waals surface area contributed by atoms with E-state index in [-0.39, 0.29) is 17.7 Å². The van der Waals surface area contributed by atoms with E-state index in [2.05, 4.69) is 10.2 Å². The minimum absolute atomic E-state index is 0.0175. The molecule has 156 valence electrons. The second kappa shape index (κ2) is 10.3. The molecule has 1 heterocycles. The summed E-state index contributed by atoms with van der Waals surface area (Å²) < 4.78 is 32.7. The Kier molecular flexibility index (Phi) is 7.55. The molecule has 0 spiro atoms. The van der Waals surface area contributed by atoms with Gasteiger partial charge in [0.25, 0.3) is 0 Å². The first-order valence-corrected chi connectivity index (χ1v) is 9.94. The normalized spacial score (nSPS) is 15.0. The van der Waals surface area contributed by atoms with Crippen LogP contribution in [-0.2, 0) is 4.74 Å². The average Bonchev–Trinajstić information content (AvgIpc) is 2.74. The monoisotopic (exact) mass is 403 g/mol. The van der Waals surface area contributed by atoms with Gasteiger partial charge in [0.1, 0.15) is 17.7 Å². The maximum absolute atomic E-state index is 13.3. The fraction of sp³-hybridized carbons (Fsp3) is 0.409. The Hall–Kier alpha value is -2.51. The first-order chi connectivity index (χ1) is 14.1. The summed E-state index contributed by atoms with van der Waals surface area (Å²) >= 11 is 0. The number of nitrogens with zero attached hydrogens (tertiary/aromatic N) is 2. The summed E-state index contributed by atoms with van der Waals surface area (Å²) in [5.41, 5.74) is 1.64. The molecule has 7 heteroatoms. The number of benzene rings is 2. The van der Waals surface area contributed by atoms with Crippen molar-refractivity contribution >= 4 is 6.03 Å². The van der Waals surface area contributed by atoms with Gasteiger partial charge in [-0.3, -0.25) is 4.90 Å². The van der Waals surface area contributed by atoms with Crippen LogP contribution >= 0.6 is 0 Å². The molecule has 0 saturated carbocycles. The van der Waals surface area contributed by atoms with Crippen molar-refractivity contribution < 1.29 is 18.3 Å². The maximum Gasteiger partial charge on any atom is 0.317 e. The highest BCUT2D eigenvalue weighted by Crippen LogP contribution is 2.26. The lowest BCUT2D eigenvalue weighted by atomic mass is 10.0. The highest BCUT2D eigenvalue weighted by Gasteiger charge is 2.21. The van der Waals surface area contributed by atoms with Crippen LogP contribution in [0.5, 0.6) is 0 Å². The van der Waals surface area contributed by atoms with E-state index in [4.69, 9.17) is 4.74 Å². The van der Waals surface area contributed by atoms with Crippen LogP contribution in [0, 0.1) is 11.6 Å². The first kappa shape index (κ1) is 21.2. The Bertz CT molecular complexity index is 730. The van der Waals surface area contributed by atoms with Gasteiger partial charge in [-0.1, -0.05) is 24.3 Å². The summed E-state index contributed by atoms with van der Waals surface area (Å²) in [6.45, 7) is 6.68. The zero-order valence-electron chi connectivity index (χ0n) is 16.6. The van der Waals surface area contributed by atoms with Gasteiger partial charge in [0.2, 0.25) is 0 Å². The van der Waals surface area contributed by atoms with Crippen molar-refractivity contribution in [2.45, 2.75) is 13.0 Å². The fourth-order valence-electron chi connectivity index (χ4n) is 3.40. The van der Waals surface area contributed by atoms with Crippen molar-refractivity contribution in [3.8, 4) is 0 Å².